The molecule has 1 saturated carbocycles. The van der Waals surface area contributed by atoms with Crippen molar-refractivity contribution in [2.75, 3.05) is 11.9 Å². The Labute approximate surface area is 141 Å². The van der Waals surface area contributed by atoms with Gasteiger partial charge in [0, 0.05) is 11.7 Å². The minimum Gasteiger partial charge on any atom is -0.462 e. The lowest BCUT2D eigenvalue weighted by Crippen LogP contribution is -2.38. The van der Waals surface area contributed by atoms with Crippen LogP contribution in [0.25, 0.3) is 0 Å². The number of carbonyl (C=O) groups is 1. The van der Waals surface area contributed by atoms with Crippen molar-refractivity contribution in [3.63, 3.8) is 0 Å². The van der Waals surface area contributed by atoms with Crippen molar-refractivity contribution in [3.8, 4) is 0 Å². The van der Waals surface area contributed by atoms with Crippen LogP contribution in [0.5, 0.6) is 0 Å². The Morgan fingerprint density at radius 3 is 2.77 bits per heavy atom. The van der Waals surface area contributed by atoms with Gasteiger partial charge in [0.25, 0.3) is 0 Å². The number of carbonyl (C=O) groups excluding carboxylic acids is 1. The largest absolute Gasteiger partial charge is 0.462 e. The Morgan fingerprint density at radius 1 is 1.36 bits per heavy atom. The Hall–Kier alpha value is -1.33. The Kier molecular flexibility index (Phi) is 6.46. The maximum absolute atomic E-state index is 11.8. The number of ether oxygens (including phenoxy) is 1. The molecule has 2 N–H and O–H groups in total. The molecule has 0 spiro atoms. The second-order valence-corrected chi connectivity index (χ2v) is 6.16. The lowest BCUT2D eigenvalue weighted by molar-refractivity contribution is 0.0526. The number of hydrogen-bond acceptors (Lipinski definition) is 3. The quantitative estimate of drug-likeness (QED) is 0.637. The first-order chi connectivity index (χ1) is 10.6. The van der Waals surface area contributed by atoms with Gasteiger partial charge < -0.3 is 15.4 Å². The van der Waals surface area contributed by atoms with E-state index in [1.165, 1.54) is 19.3 Å². The van der Waals surface area contributed by atoms with Gasteiger partial charge in [-0.15, -0.1) is 0 Å². The van der Waals surface area contributed by atoms with E-state index >= 15 is 0 Å². The van der Waals surface area contributed by atoms with Crippen LogP contribution in [0.4, 0.5) is 5.69 Å². The van der Waals surface area contributed by atoms with Gasteiger partial charge in [-0.1, -0.05) is 30.9 Å². The van der Waals surface area contributed by atoms with Gasteiger partial charge in [0.05, 0.1) is 17.2 Å². The van der Waals surface area contributed by atoms with Gasteiger partial charge in [-0.25, -0.2) is 4.79 Å². The molecular weight excluding hydrogens is 320 g/mol. The monoisotopic (exact) mass is 340 g/mol. The molecule has 4 nitrogen and oxygen atoms in total. The number of rotatable bonds is 4. The predicted molar refractivity (Wildman–Crippen MR) is 93.6 cm³/mol. The summed E-state index contributed by atoms with van der Waals surface area (Å²) in [7, 11) is 0. The highest BCUT2D eigenvalue weighted by Crippen LogP contribution is 2.22. The van der Waals surface area contributed by atoms with Crippen LogP contribution in [0.1, 0.15) is 49.4 Å². The zero-order chi connectivity index (χ0) is 15.9. The topological polar surface area (TPSA) is 50.4 Å². The average molecular weight is 341 g/mol. The maximum atomic E-state index is 11.8. The second-order valence-electron chi connectivity index (χ2n) is 5.35. The number of anilines is 1. The highest BCUT2D eigenvalue weighted by molar-refractivity contribution is 7.80. The molecule has 1 aromatic carbocycles. The van der Waals surface area contributed by atoms with Crippen LogP contribution >= 0.6 is 23.8 Å². The van der Waals surface area contributed by atoms with Crippen LogP contribution < -0.4 is 10.6 Å². The maximum Gasteiger partial charge on any atom is 0.339 e. The van der Waals surface area contributed by atoms with E-state index in [1.807, 2.05) is 0 Å². The van der Waals surface area contributed by atoms with Crippen molar-refractivity contribution in [1.82, 2.24) is 5.32 Å². The first-order valence-electron chi connectivity index (χ1n) is 7.64. The number of esters is 1. The fraction of sp³-hybridized carbons (Fsp3) is 0.500. The lowest BCUT2D eigenvalue weighted by Gasteiger charge is -2.24. The Bertz CT molecular complexity index is 545. The normalized spacial score (nSPS) is 15.2. The van der Waals surface area contributed by atoms with Crippen molar-refractivity contribution in [1.29, 1.82) is 0 Å². The van der Waals surface area contributed by atoms with Crippen LogP contribution in [0.15, 0.2) is 18.2 Å². The molecule has 22 heavy (non-hydrogen) atoms. The molecule has 1 aliphatic carbocycles. The van der Waals surface area contributed by atoms with Gasteiger partial charge in [-0.2, -0.15) is 0 Å². The number of halogens is 1. The van der Waals surface area contributed by atoms with Crippen molar-refractivity contribution < 1.29 is 9.53 Å². The zero-order valence-electron chi connectivity index (χ0n) is 12.7. The highest BCUT2D eigenvalue weighted by Gasteiger charge is 2.15. The Morgan fingerprint density at radius 2 is 2.09 bits per heavy atom. The van der Waals surface area contributed by atoms with E-state index < -0.39 is 5.97 Å². The van der Waals surface area contributed by atoms with Crippen molar-refractivity contribution in [2.24, 2.45) is 0 Å². The first kappa shape index (κ1) is 17.0. The summed E-state index contributed by atoms with van der Waals surface area (Å²) >= 11 is 11.4. The third kappa shape index (κ3) is 4.85. The summed E-state index contributed by atoms with van der Waals surface area (Å²) in [6.07, 6.45) is 6.09. The summed E-state index contributed by atoms with van der Waals surface area (Å²) < 4.78 is 4.99. The smallest absolute Gasteiger partial charge is 0.339 e. The molecule has 0 bridgehead atoms. The molecule has 0 saturated heterocycles. The number of nitrogens with one attached hydrogen (secondary N) is 2. The third-order valence-corrected chi connectivity index (χ3v) is 4.21. The predicted octanol–water partition coefficient (Wildman–Crippen LogP) is 4.14. The molecule has 0 unspecified atom stereocenters. The van der Waals surface area contributed by atoms with E-state index in [1.54, 1.807) is 25.1 Å². The standard InChI is InChI=1S/C16H21ClN2O2S/c1-2-21-15(20)13-10-12(8-9-14(13)17)19-16(22)18-11-6-4-3-5-7-11/h8-11H,2-7H2,1H3,(H2,18,19,22). The summed E-state index contributed by atoms with van der Waals surface area (Å²) in [5.74, 6) is -0.428. The van der Waals surface area contributed by atoms with E-state index in [2.05, 4.69) is 10.6 Å². The van der Waals surface area contributed by atoms with Gasteiger partial charge in [-0.3, -0.25) is 0 Å². The first-order valence-corrected chi connectivity index (χ1v) is 8.43. The van der Waals surface area contributed by atoms with Crippen LogP contribution in [0.2, 0.25) is 5.02 Å². The average Bonchev–Trinajstić information content (AvgIpc) is 2.50. The summed E-state index contributed by atoms with van der Waals surface area (Å²) in [4.78, 5) is 11.8. The van der Waals surface area contributed by atoms with E-state index in [-0.39, 0.29) is 0 Å². The third-order valence-electron chi connectivity index (χ3n) is 3.66. The highest BCUT2D eigenvalue weighted by atomic mass is 35.5. The number of hydrogen-bond donors (Lipinski definition) is 2. The van der Waals surface area contributed by atoms with Gasteiger partial charge in [0.15, 0.2) is 5.11 Å². The van der Waals surface area contributed by atoms with Crippen LogP contribution in [-0.2, 0) is 4.74 Å². The second kappa shape index (κ2) is 8.34. The van der Waals surface area contributed by atoms with Crippen molar-refractivity contribution in [2.45, 2.75) is 45.1 Å². The molecule has 1 aromatic rings. The van der Waals surface area contributed by atoms with E-state index in [9.17, 15) is 4.79 Å². The van der Waals surface area contributed by atoms with Crippen LogP contribution in [0.3, 0.4) is 0 Å². The molecule has 0 aliphatic heterocycles. The van der Waals surface area contributed by atoms with Gasteiger partial charge in [0.2, 0.25) is 0 Å². The SMILES string of the molecule is CCOC(=O)c1cc(NC(=S)NC2CCCCC2)ccc1Cl. The molecular formula is C16H21ClN2O2S. The minimum absolute atomic E-state index is 0.314. The van der Waals surface area contributed by atoms with Crippen LogP contribution in [-0.4, -0.2) is 23.7 Å². The van der Waals surface area contributed by atoms with Gasteiger partial charge >= 0.3 is 5.97 Å². The molecule has 0 aromatic heterocycles. The molecule has 0 radical (unpaired) electrons. The van der Waals surface area contributed by atoms with E-state index in [0.29, 0.717) is 28.3 Å². The molecule has 1 fully saturated rings. The number of benzene rings is 1. The molecule has 120 valence electrons. The molecule has 1 aliphatic rings. The molecule has 0 amide bonds. The van der Waals surface area contributed by atoms with E-state index in [4.69, 9.17) is 28.6 Å². The summed E-state index contributed by atoms with van der Waals surface area (Å²) in [6, 6.07) is 5.56. The summed E-state index contributed by atoms with van der Waals surface area (Å²) in [6.45, 7) is 2.07. The Balaban J connectivity index is 1.98. The summed E-state index contributed by atoms with van der Waals surface area (Å²) in [5.41, 5.74) is 1.06. The molecule has 6 heteroatoms. The van der Waals surface area contributed by atoms with Crippen LogP contribution in [0, 0.1) is 0 Å². The zero-order valence-corrected chi connectivity index (χ0v) is 14.2. The molecule has 0 atom stereocenters. The van der Waals surface area contributed by atoms with E-state index in [0.717, 1.165) is 18.5 Å². The van der Waals surface area contributed by atoms with Gasteiger partial charge in [0.1, 0.15) is 0 Å². The fourth-order valence-electron chi connectivity index (χ4n) is 2.57. The summed E-state index contributed by atoms with van der Waals surface area (Å²) in [5, 5.41) is 7.38. The van der Waals surface area contributed by atoms with Crippen molar-refractivity contribution >= 4 is 40.6 Å². The fourth-order valence-corrected chi connectivity index (χ4v) is 3.05. The molecule has 2 rings (SSSR count). The molecule has 0 heterocycles. The minimum atomic E-state index is -0.428. The van der Waals surface area contributed by atoms with Gasteiger partial charge in [-0.05, 0) is 50.2 Å². The number of thiocarbonyl (C=S) groups is 1. The van der Waals surface area contributed by atoms with Crippen molar-refractivity contribution in [3.05, 3.63) is 28.8 Å². The lowest BCUT2D eigenvalue weighted by atomic mass is 9.96.